The van der Waals surface area contributed by atoms with Crippen molar-refractivity contribution in [3.63, 3.8) is 0 Å². The molecular weight excluding hydrogens is 211 g/mol. The molecule has 0 bridgehead atoms. The molecule has 1 heteroatoms. The Morgan fingerprint density at radius 2 is 1.50 bits per heavy atom. The summed E-state index contributed by atoms with van der Waals surface area (Å²) < 4.78 is 0. The Kier molecular flexibility index (Phi) is 4.99. The van der Waals surface area contributed by atoms with Crippen molar-refractivity contribution in [2.75, 3.05) is 19.0 Å². The maximum atomic E-state index is 2.53. The summed E-state index contributed by atoms with van der Waals surface area (Å²) in [6.45, 7) is 11.8. The zero-order valence-electron chi connectivity index (χ0n) is 11.5. The number of hydrogen-bond donors (Lipinski definition) is 0. The molecule has 1 aromatic carbocycles. The Bertz CT molecular complexity index is 307. The molecule has 0 radical (unpaired) electrons. The Balaban J connectivity index is 2.75. The first-order valence-electron chi connectivity index (χ1n) is 6.59. The molecule has 0 unspecified atom stereocenters. The normalized spacial score (nSPS) is 13.1. The first-order chi connectivity index (χ1) is 7.50. The Morgan fingerprint density at radius 1 is 1.00 bits per heavy atom. The van der Waals surface area contributed by atoms with Gasteiger partial charge in [-0.3, -0.25) is 0 Å². The van der Waals surface area contributed by atoms with Crippen LogP contribution >= 0.6 is 7.26 Å². The molecule has 0 heterocycles. The second-order valence-electron chi connectivity index (χ2n) is 5.59. The maximum absolute atomic E-state index is 2.53. The van der Waals surface area contributed by atoms with E-state index in [-0.39, 0.29) is 0 Å². The molecule has 92 valence electrons. The average Bonchev–Trinajstić information content (AvgIpc) is 2.29. The molecule has 0 spiro atoms. The van der Waals surface area contributed by atoms with Gasteiger partial charge in [0.1, 0.15) is 0 Å². The van der Waals surface area contributed by atoms with Gasteiger partial charge >= 0.3 is 101 Å². The van der Waals surface area contributed by atoms with Crippen LogP contribution in [0.1, 0.15) is 44.7 Å². The second kappa shape index (κ2) is 5.82. The summed E-state index contributed by atoms with van der Waals surface area (Å²) >= 11 is 0. The zero-order valence-corrected chi connectivity index (χ0v) is 12.5. The predicted molar refractivity (Wildman–Crippen MR) is 79.6 cm³/mol. The average molecular weight is 238 g/mol. The zero-order chi connectivity index (χ0) is 12.2. The van der Waals surface area contributed by atoms with Gasteiger partial charge in [0.2, 0.25) is 0 Å². The van der Waals surface area contributed by atoms with Crippen LogP contribution in [0.4, 0.5) is 0 Å². The monoisotopic (exact) mass is 238 g/mol. The van der Waals surface area contributed by atoms with Gasteiger partial charge in [-0.05, 0) is 0 Å². The quantitative estimate of drug-likeness (QED) is 0.650. The van der Waals surface area contributed by atoms with Crippen molar-refractivity contribution in [1.29, 1.82) is 0 Å². The molecule has 0 aliphatic rings. The Hall–Kier alpha value is -0.350. The molecule has 0 saturated carbocycles. The van der Waals surface area contributed by atoms with Gasteiger partial charge in [0.05, 0.1) is 0 Å². The molecule has 0 amide bonds. The van der Waals surface area contributed by atoms with E-state index in [9.17, 15) is 0 Å². The van der Waals surface area contributed by atoms with Crippen molar-refractivity contribution in [2.24, 2.45) is 0 Å². The number of benzene rings is 1. The van der Waals surface area contributed by atoms with Crippen molar-refractivity contribution < 1.29 is 0 Å². The second-order valence-corrected chi connectivity index (χ2v) is 11.0. The third-order valence-corrected chi connectivity index (χ3v) is 8.66. The number of hydrogen-bond acceptors (Lipinski definition) is 0. The number of rotatable bonds is 5. The molecule has 0 N–H and O–H groups in total. The molecule has 0 saturated heterocycles. The first-order valence-corrected chi connectivity index (χ1v) is 9.71. The van der Waals surface area contributed by atoms with E-state index in [2.05, 4.69) is 58.6 Å². The van der Waals surface area contributed by atoms with Gasteiger partial charge in [-0.15, -0.1) is 0 Å². The molecule has 16 heavy (non-hydrogen) atoms. The third kappa shape index (κ3) is 3.59. The van der Waals surface area contributed by atoms with Gasteiger partial charge < -0.3 is 0 Å². The van der Waals surface area contributed by atoms with Gasteiger partial charge in [-0.25, -0.2) is 0 Å². The third-order valence-electron chi connectivity index (χ3n) is 3.98. The molecule has 0 aliphatic heterocycles. The molecule has 0 nitrogen and oxygen atoms in total. The SMILES string of the molecule is CC[PH](C)(CC)Cc1ccc(C(C)C)cc1. The van der Waals surface area contributed by atoms with E-state index in [1.54, 1.807) is 5.56 Å². The minimum absolute atomic E-state index is 0.648. The van der Waals surface area contributed by atoms with E-state index in [1.807, 2.05) is 0 Å². The van der Waals surface area contributed by atoms with E-state index in [0.717, 1.165) is 0 Å². The summed E-state index contributed by atoms with van der Waals surface area (Å²) in [5.74, 6) is 0.648. The van der Waals surface area contributed by atoms with Crippen molar-refractivity contribution >= 4 is 7.26 Å². The van der Waals surface area contributed by atoms with Crippen LogP contribution in [0.3, 0.4) is 0 Å². The summed E-state index contributed by atoms with van der Waals surface area (Å²) in [6, 6.07) is 9.29. The van der Waals surface area contributed by atoms with Crippen LogP contribution in [0.15, 0.2) is 24.3 Å². The first kappa shape index (κ1) is 13.7. The van der Waals surface area contributed by atoms with E-state index in [4.69, 9.17) is 0 Å². The predicted octanol–water partition coefficient (Wildman–Crippen LogP) is 4.73. The van der Waals surface area contributed by atoms with Gasteiger partial charge in [0.25, 0.3) is 0 Å². The fourth-order valence-electron chi connectivity index (χ4n) is 2.01. The fraction of sp³-hybridized carbons (Fsp3) is 0.600. The van der Waals surface area contributed by atoms with Gasteiger partial charge in [-0.1, -0.05) is 0 Å². The van der Waals surface area contributed by atoms with Crippen LogP contribution in [-0.2, 0) is 6.16 Å². The molecule has 0 fully saturated rings. The van der Waals surface area contributed by atoms with E-state index < -0.39 is 7.26 Å². The van der Waals surface area contributed by atoms with E-state index in [1.165, 1.54) is 24.0 Å². The molecule has 0 aromatic heterocycles. The van der Waals surface area contributed by atoms with Crippen molar-refractivity contribution in [2.45, 2.75) is 39.8 Å². The van der Waals surface area contributed by atoms with Crippen LogP contribution in [0.25, 0.3) is 0 Å². The van der Waals surface area contributed by atoms with E-state index >= 15 is 0 Å². The summed E-state index contributed by atoms with van der Waals surface area (Å²) in [5.41, 5.74) is 3.00. The summed E-state index contributed by atoms with van der Waals surface area (Å²) in [4.78, 5) is 0. The summed E-state index contributed by atoms with van der Waals surface area (Å²) in [6.07, 6.45) is 4.14. The van der Waals surface area contributed by atoms with Gasteiger partial charge in [-0.2, -0.15) is 0 Å². The van der Waals surface area contributed by atoms with Gasteiger partial charge in [0, 0.05) is 0 Å². The molecule has 1 aromatic rings. The molecular formula is C15H27P. The van der Waals surface area contributed by atoms with Crippen molar-refractivity contribution in [1.82, 2.24) is 0 Å². The molecule has 0 aliphatic carbocycles. The Morgan fingerprint density at radius 3 is 1.88 bits per heavy atom. The van der Waals surface area contributed by atoms with Crippen LogP contribution in [0, 0.1) is 0 Å². The minimum atomic E-state index is -0.983. The fourth-order valence-corrected chi connectivity index (χ4v) is 4.23. The Labute approximate surface area is 102 Å². The standard InChI is InChI=1S/C15H27P/c1-6-16(5,7-2)12-14-8-10-15(11-9-14)13(3)4/h8-11,13,16H,6-7,12H2,1-5H3. The molecule has 1 rings (SSSR count). The van der Waals surface area contributed by atoms with Crippen molar-refractivity contribution in [3.05, 3.63) is 35.4 Å². The van der Waals surface area contributed by atoms with Crippen LogP contribution in [0.2, 0.25) is 0 Å². The van der Waals surface area contributed by atoms with Gasteiger partial charge in [0.15, 0.2) is 0 Å². The van der Waals surface area contributed by atoms with Crippen molar-refractivity contribution in [3.8, 4) is 0 Å². The van der Waals surface area contributed by atoms with Crippen LogP contribution in [-0.4, -0.2) is 19.0 Å². The molecule has 0 atom stereocenters. The summed E-state index contributed by atoms with van der Waals surface area (Å²) in [7, 11) is -0.983. The van der Waals surface area contributed by atoms with E-state index in [0.29, 0.717) is 5.92 Å². The van der Waals surface area contributed by atoms with Crippen LogP contribution < -0.4 is 0 Å². The summed E-state index contributed by atoms with van der Waals surface area (Å²) in [5, 5.41) is 0. The van der Waals surface area contributed by atoms with Crippen LogP contribution in [0.5, 0.6) is 0 Å². The topological polar surface area (TPSA) is 0 Å².